The molecule has 0 bridgehead atoms. The maximum atomic E-state index is 3.51. The van der Waals surface area contributed by atoms with Crippen LogP contribution in [0.25, 0.3) is 0 Å². The molecular weight excluding hydrogens is 156 g/mol. The molecule has 0 fully saturated rings. The Labute approximate surface area is 80.9 Å². The molecule has 0 saturated carbocycles. The minimum Gasteiger partial charge on any atom is -0.0991 e. The van der Waals surface area contributed by atoms with Crippen molar-refractivity contribution in [3.8, 4) is 0 Å². The third kappa shape index (κ3) is 10.4. The highest BCUT2D eigenvalue weighted by Gasteiger charge is 1.57. The molecule has 0 amide bonds. The maximum Gasteiger partial charge on any atom is -0.0467 e. The summed E-state index contributed by atoms with van der Waals surface area (Å²) in [6.45, 7) is 5.49. The molecule has 68 valence electrons. The minimum absolute atomic E-state index is 1.75. The van der Waals surface area contributed by atoms with Gasteiger partial charge in [0.05, 0.1) is 0 Å². The average molecular weight is 172 g/mol. The van der Waals surface area contributed by atoms with Gasteiger partial charge in [-0.05, 0) is 6.92 Å². The van der Waals surface area contributed by atoms with E-state index in [1.807, 2.05) is 67.6 Å². The molecule has 0 N–H and O–H groups in total. The van der Waals surface area contributed by atoms with Gasteiger partial charge in [-0.2, -0.15) is 0 Å². The van der Waals surface area contributed by atoms with Crippen LogP contribution >= 0.6 is 0 Å². The van der Waals surface area contributed by atoms with Crippen LogP contribution in [0.15, 0.2) is 73.4 Å². The van der Waals surface area contributed by atoms with Gasteiger partial charge in [0.15, 0.2) is 0 Å². The number of hydrogen-bond donors (Lipinski definition) is 0. The molecule has 0 radical (unpaired) electrons. The van der Waals surface area contributed by atoms with E-state index in [0.29, 0.717) is 0 Å². The zero-order chi connectivity index (χ0) is 9.78. The van der Waals surface area contributed by atoms with E-state index in [2.05, 4.69) is 6.58 Å². The van der Waals surface area contributed by atoms with Gasteiger partial charge in [-0.15, -0.1) is 0 Å². The van der Waals surface area contributed by atoms with E-state index in [9.17, 15) is 0 Å². The van der Waals surface area contributed by atoms with Gasteiger partial charge in [0, 0.05) is 0 Å². The Bertz CT molecular complexity index is 215. The summed E-state index contributed by atoms with van der Waals surface area (Å²) in [5, 5.41) is 0. The number of benzene rings is 1. The summed E-state index contributed by atoms with van der Waals surface area (Å²) < 4.78 is 0. The lowest BCUT2D eigenvalue weighted by atomic mass is 10.4. The summed E-state index contributed by atoms with van der Waals surface area (Å²) in [6.07, 6.45) is 9.51. The topological polar surface area (TPSA) is 0 Å². The molecule has 0 unspecified atom stereocenters. The van der Waals surface area contributed by atoms with Crippen LogP contribution in [0.1, 0.15) is 6.92 Å². The summed E-state index contributed by atoms with van der Waals surface area (Å²) in [6, 6.07) is 12.0. The fraction of sp³-hybridized carbons (Fsp3) is 0.0769. The third-order valence-electron chi connectivity index (χ3n) is 1.22. The van der Waals surface area contributed by atoms with Crippen molar-refractivity contribution in [2.24, 2.45) is 0 Å². The predicted molar refractivity (Wildman–Crippen MR) is 60.6 cm³/mol. The van der Waals surface area contributed by atoms with Crippen molar-refractivity contribution in [1.82, 2.24) is 0 Å². The second-order valence-electron chi connectivity index (χ2n) is 2.30. The van der Waals surface area contributed by atoms with Crippen molar-refractivity contribution in [2.75, 3.05) is 0 Å². The molecule has 0 heteroatoms. The van der Waals surface area contributed by atoms with Gasteiger partial charge in [0.2, 0.25) is 0 Å². The monoisotopic (exact) mass is 172 g/mol. The van der Waals surface area contributed by atoms with Gasteiger partial charge in [0.1, 0.15) is 0 Å². The summed E-state index contributed by atoms with van der Waals surface area (Å²) in [4.78, 5) is 0. The highest BCUT2D eigenvalue weighted by molar-refractivity contribution is 5.07. The summed E-state index contributed by atoms with van der Waals surface area (Å²) in [5.74, 6) is 0. The smallest absolute Gasteiger partial charge is 0.0467 e. The van der Waals surface area contributed by atoms with E-state index in [1.165, 1.54) is 0 Å². The van der Waals surface area contributed by atoms with Gasteiger partial charge >= 0.3 is 0 Å². The molecule has 13 heavy (non-hydrogen) atoms. The van der Waals surface area contributed by atoms with Crippen LogP contribution in [-0.4, -0.2) is 0 Å². The fourth-order valence-corrected chi connectivity index (χ4v) is 0.639. The summed E-state index contributed by atoms with van der Waals surface area (Å²) in [7, 11) is 0. The predicted octanol–water partition coefficient (Wildman–Crippen LogP) is 3.99. The Morgan fingerprint density at radius 3 is 1.54 bits per heavy atom. The molecule has 0 aliphatic heterocycles. The molecule has 0 spiro atoms. The van der Waals surface area contributed by atoms with Gasteiger partial charge in [-0.25, -0.2) is 0 Å². The van der Waals surface area contributed by atoms with E-state index in [4.69, 9.17) is 0 Å². The largest absolute Gasteiger partial charge is 0.0991 e. The first-order valence-corrected chi connectivity index (χ1v) is 4.32. The Morgan fingerprint density at radius 2 is 1.23 bits per heavy atom. The Morgan fingerprint density at radius 1 is 0.769 bits per heavy atom. The molecular formula is C13H16. The second kappa shape index (κ2) is 10.4. The third-order valence-corrected chi connectivity index (χ3v) is 1.22. The lowest BCUT2D eigenvalue weighted by molar-refractivity contribution is 1.72. The molecule has 1 aromatic rings. The van der Waals surface area contributed by atoms with Crippen LogP contribution in [0.4, 0.5) is 0 Å². The standard InChI is InChI=1S/C7H10.C6H6/c1-3-5-7-6-4-2;1-2-4-6-5-3-1/h3-7H,1H2,2H3;1-6H/b6-4-,7-5-;. The zero-order valence-corrected chi connectivity index (χ0v) is 8.06. The lowest BCUT2D eigenvalue weighted by Gasteiger charge is -1.69. The van der Waals surface area contributed by atoms with Crippen molar-refractivity contribution in [1.29, 1.82) is 0 Å². The Kier molecular flexibility index (Phi) is 9.19. The number of allylic oxidation sites excluding steroid dienone is 5. The van der Waals surface area contributed by atoms with Gasteiger partial charge in [0.25, 0.3) is 0 Å². The first-order valence-electron chi connectivity index (χ1n) is 4.32. The van der Waals surface area contributed by atoms with E-state index in [1.54, 1.807) is 6.08 Å². The van der Waals surface area contributed by atoms with Crippen molar-refractivity contribution < 1.29 is 0 Å². The fourth-order valence-electron chi connectivity index (χ4n) is 0.639. The van der Waals surface area contributed by atoms with Crippen LogP contribution in [0.5, 0.6) is 0 Å². The first kappa shape index (κ1) is 11.4. The van der Waals surface area contributed by atoms with E-state index >= 15 is 0 Å². The van der Waals surface area contributed by atoms with Crippen LogP contribution in [0, 0.1) is 0 Å². The Hall–Kier alpha value is -1.56. The van der Waals surface area contributed by atoms with Gasteiger partial charge in [-0.1, -0.05) is 73.4 Å². The summed E-state index contributed by atoms with van der Waals surface area (Å²) in [5.41, 5.74) is 0. The highest BCUT2D eigenvalue weighted by atomic mass is 13.6. The normalized spacial score (nSPS) is 9.62. The molecule has 0 saturated heterocycles. The van der Waals surface area contributed by atoms with E-state index in [-0.39, 0.29) is 0 Å². The summed E-state index contributed by atoms with van der Waals surface area (Å²) >= 11 is 0. The molecule has 0 aliphatic rings. The van der Waals surface area contributed by atoms with E-state index in [0.717, 1.165) is 0 Å². The molecule has 0 nitrogen and oxygen atoms in total. The Balaban J connectivity index is 0.000000223. The molecule has 0 aromatic heterocycles. The van der Waals surface area contributed by atoms with Crippen molar-refractivity contribution >= 4 is 0 Å². The second-order valence-corrected chi connectivity index (χ2v) is 2.30. The van der Waals surface area contributed by atoms with Crippen LogP contribution in [0.3, 0.4) is 0 Å². The maximum absolute atomic E-state index is 3.51. The SMILES string of the molecule is C=C/C=C\C=C/C.c1ccccc1. The highest BCUT2D eigenvalue weighted by Crippen LogP contribution is 1.79. The van der Waals surface area contributed by atoms with Crippen LogP contribution < -0.4 is 0 Å². The first-order chi connectivity index (χ1) is 6.41. The molecule has 0 atom stereocenters. The lowest BCUT2D eigenvalue weighted by Crippen LogP contribution is -1.47. The van der Waals surface area contributed by atoms with Crippen LogP contribution in [-0.2, 0) is 0 Å². The molecule has 0 heterocycles. The van der Waals surface area contributed by atoms with Gasteiger partial charge in [-0.3, -0.25) is 0 Å². The molecule has 1 rings (SSSR count). The molecule has 0 aliphatic carbocycles. The molecule has 1 aromatic carbocycles. The van der Waals surface area contributed by atoms with Crippen LogP contribution in [0.2, 0.25) is 0 Å². The zero-order valence-electron chi connectivity index (χ0n) is 8.06. The van der Waals surface area contributed by atoms with Crippen molar-refractivity contribution in [3.63, 3.8) is 0 Å². The number of rotatable bonds is 2. The number of hydrogen-bond acceptors (Lipinski definition) is 0. The average Bonchev–Trinajstić information content (AvgIpc) is 2.22. The van der Waals surface area contributed by atoms with Crippen molar-refractivity contribution in [3.05, 3.63) is 73.4 Å². The van der Waals surface area contributed by atoms with Gasteiger partial charge < -0.3 is 0 Å². The van der Waals surface area contributed by atoms with E-state index < -0.39 is 0 Å². The minimum atomic E-state index is 1.75. The quantitative estimate of drug-likeness (QED) is 0.592. The van der Waals surface area contributed by atoms with Crippen molar-refractivity contribution in [2.45, 2.75) is 6.92 Å².